The van der Waals surface area contributed by atoms with Crippen molar-refractivity contribution < 1.29 is 9.90 Å². The second kappa shape index (κ2) is 6.33. The van der Waals surface area contributed by atoms with Crippen LogP contribution >= 0.6 is 11.8 Å². The summed E-state index contributed by atoms with van der Waals surface area (Å²) in [6.07, 6.45) is 6.90. The summed E-state index contributed by atoms with van der Waals surface area (Å²) < 4.78 is 0. The molecule has 3 nitrogen and oxygen atoms in total. The topological polar surface area (TPSA) is 49.3 Å². The molecule has 104 valence electrons. The predicted octanol–water partition coefficient (Wildman–Crippen LogP) is 3.78. The van der Waals surface area contributed by atoms with Gasteiger partial charge in [-0.2, -0.15) is 11.8 Å². The summed E-state index contributed by atoms with van der Waals surface area (Å²) in [6, 6.07) is 5.87. The van der Waals surface area contributed by atoms with Crippen LogP contribution in [-0.4, -0.2) is 28.6 Å². The van der Waals surface area contributed by atoms with E-state index in [0.717, 1.165) is 24.1 Å². The smallest absolute Gasteiger partial charge is 0.337 e. The van der Waals surface area contributed by atoms with Crippen molar-refractivity contribution in [2.24, 2.45) is 0 Å². The lowest BCUT2D eigenvalue weighted by molar-refractivity contribution is 0.0698. The zero-order valence-electron chi connectivity index (χ0n) is 11.5. The molecule has 2 rings (SSSR count). The van der Waals surface area contributed by atoms with E-state index in [4.69, 9.17) is 0 Å². The molecule has 0 heterocycles. The first-order valence-corrected chi connectivity index (χ1v) is 8.02. The Morgan fingerprint density at radius 2 is 2.21 bits per heavy atom. The van der Waals surface area contributed by atoms with Crippen molar-refractivity contribution in [1.82, 2.24) is 0 Å². The van der Waals surface area contributed by atoms with Gasteiger partial charge in [0, 0.05) is 17.0 Å². The maximum absolute atomic E-state index is 11.3. The number of hydrogen-bond donors (Lipinski definition) is 2. The van der Waals surface area contributed by atoms with Crippen molar-refractivity contribution in [1.29, 1.82) is 0 Å². The van der Waals surface area contributed by atoms with Crippen LogP contribution in [0.5, 0.6) is 0 Å². The molecule has 0 bridgehead atoms. The van der Waals surface area contributed by atoms with Crippen molar-refractivity contribution in [3.05, 3.63) is 29.3 Å². The van der Waals surface area contributed by atoms with Gasteiger partial charge in [-0.05, 0) is 50.1 Å². The standard InChI is InChI=1S/C15H21NO2S/c1-10-6-7-13(15(17)18)14(8-10)16-11-4-3-5-12(9-11)19-2/h6-8,11-12,16H,3-5,9H2,1-2H3,(H,17,18). The number of carboxylic acids is 1. The maximum atomic E-state index is 11.3. The largest absolute Gasteiger partial charge is 0.478 e. The number of carbonyl (C=O) groups is 1. The highest BCUT2D eigenvalue weighted by atomic mass is 32.2. The van der Waals surface area contributed by atoms with Crippen LogP contribution in [0.25, 0.3) is 0 Å². The van der Waals surface area contributed by atoms with Gasteiger partial charge in [-0.15, -0.1) is 0 Å². The molecule has 0 aromatic heterocycles. The Labute approximate surface area is 118 Å². The quantitative estimate of drug-likeness (QED) is 0.880. The van der Waals surface area contributed by atoms with Gasteiger partial charge in [0.15, 0.2) is 0 Å². The number of thioether (sulfide) groups is 1. The van der Waals surface area contributed by atoms with Crippen LogP contribution < -0.4 is 5.32 Å². The normalized spacial score (nSPS) is 23.1. The highest BCUT2D eigenvalue weighted by molar-refractivity contribution is 7.99. The zero-order valence-corrected chi connectivity index (χ0v) is 12.3. The van der Waals surface area contributed by atoms with E-state index in [2.05, 4.69) is 11.6 Å². The summed E-state index contributed by atoms with van der Waals surface area (Å²) in [6.45, 7) is 1.99. The van der Waals surface area contributed by atoms with Crippen molar-refractivity contribution in [3.8, 4) is 0 Å². The SMILES string of the molecule is CSC1CCCC(Nc2cc(C)ccc2C(=O)O)C1. The number of aryl methyl sites for hydroxylation is 1. The van der Waals surface area contributed by atoms with Crippen LogP contribution in [0.3, 0.4) is 0 Å². The van der Waals surface area contributed by atoms with Crippen molar-refractivity contribution in [2.45, 2.75) is 43.9 Å². The second-order valence-corrected chi connectivity index (χ2v) is 6.36. The molecule has 2 atom stereocenters. The molecule has 0 radical (unpaired) electrons. The number of aromatic carboxylic acids is 1. The van der Waals surface area contributed by atoms with Crippen LogP contribution in [0.15, 0.2) is 18.2 Å². The lowest BCUT2D eigenvalue weighted by Gasteiger charge is -2.30. The van der Waals surface area contributed by atoms with E-state index in [9.17, 15) is 9.90 Å². The molecule has 4 heteroatoms. The molecule has 1 aliphatic carbocycles. The Kier molecular flexibility index (Phi) is 4.75. The van der Waals surface area contributed by atoms with Gasteiger partial charge in [0.1, 0.15) is 0 Å². The third-order valence-corrected chi connectivity index (χ3v) is 4.82. The van der Waals surface area contributed by atoms with E-state index in [-0.39, 0.29) is 0 Å². The fourth-order valence-corrected chi connectivity index (χ4v) is 3.50. The summed E-state index contributed by atoms with van der Waals surface area (Å²) in [5.41, 5.74) is 2.22. The highest BCUT2D eigenvalue weighted by Crippen LogP contribution is 2.30. The van der Waals surface area contributed by atoms with Gasteiger partial charge >= 0.3 is 5.97 Å². The molecular formula is C15H21NO2S. The first-order valence-electron chi connectivity index (χ1n) is 6.73. The second-order valence-electron chi connectivity index (χ2n) is 5.22. The number of carboxylic acid groups (broad SMARTS) is 1. The summed E-state index contributed by atoms with van der Waals surface area (Å²) >= 11 is 1.92. The van der Waals surface area contributed by atoms with Crippen molar-refractivity contribution in [2.75, 3.05) is 11.6 Å². The van der Waals surface area contributed by atoms with Gasteiger partial charge in [0.05, 0.1) is 5.56 Å². The van der Waals surface area contributed by atoms with Gasteiger partial charge < -0.3 is 10.4 Å². The maximum Gasteiger partial charge on any atom is 0.337 e. The number of benzene rings is 1. The molecule has 0 spiro atoms. The van der Waals surface area contributed by atoms with Crippen LogP contribution in [0.4, 0.5) is 5.69 Å². The number of nitrogens with one attached hydrogen (secondary N) is 1. The predicted molar refractivity (Wildman–Crippen MR) is 81.3 cm³/mol. The summed E-state index contributed by atoms with van der Waals surface area (Å²) in [7, 11) is 0. The number of hydrogen-bond acceptors (Lipinski definition) is 3. The number of rotatable bonds is 4. The molecule has 2 N–H and O–H groups in total. The van der Waals surface area contributed by atoms with Gasteiger partial charge in [-0.25, -0.2) is 4.79 Å². The fourth-order valence-electron chi connectivity index (χ4n) is 2.67. The average Bonchev–Trinajstić information content (AvgIpc) is 2.38. The summed E-state index contributed by atoms with van der Waals surface area (Å²) in [4.78, 5) is 11.3. The van der Waals surface area contributed by atoms with Gasteiger partial charge in [-0.3, -0.25) is 0 Å². The molecule has 19 heavy (non-hydrogen) atoms. The van der Waals surface area contributed by atoms with Crippen LogP contribution in [0.1, 0.15) is 41.6 Å². The fraction of sp³-hybridized carbons (Fsp3) is 0.533. The van der Waals surface area contributed by atoms with Gasteiger partial charge in [-0.1, -0.05) is 12.5 Å². The third-order valence-electron chi connectivity index (χ3n) is 3.72. The van der Waals surface area contributed by atoms with Crippen molar-refractivity contribution in [3.63, 3.8) is 0 Å². The molecule has 1 saturated carbocycles. The van der Waals surface area contributed by atoms with Gasteiger partial charge in [0.2, 0.25) is 0 Å². The van der Waals surface area contributed by atoms with Crippen LogP contribution in [0.2, 0.25) is 0 Å². The minimum Gasteiger partial charge on any atom is -0.478 e. The summed E-state index contributed by atoms with van der Waals surface area (Å²) in [5.74, 6) is -0.861. The van der Waals surface area contributed by atoms with E-state index >= 15 is 0 Å². The average molecular weight is 279 g/mol. The first kappa shape index (κ1) is 14.3. The van der Waals surface area contributed by atoms with E-state index in [1.807, 2.05) is 30.8 Å². The summed E-state index contributed by atoms with van der Waals surface area (Å²) in [5, 5.41) is 13.4. The highest BCUT2D eigenvalue weighted by Gasteiger charge is 2.22. The Bertz CT molecular complexity index is 461. The minimum atomic E-state index is -0.861. The molecule has 0 aliphatic heterocycles. The molecule has 0 saturated heterocycles. The molecule has 2 unspecified atom stereocenters. The van der Waals surface area contributed by atoms with E-state index in [0.29, 0.717) is 16.9 Å². The molecular weight excluding hydrogens is 258 g/mol. The van der Waals surface area contributed by atoms with E-state index in [1.165, 1.54) is 12.8 Å². The molecule has 1 aromatic rings. The Balaban J connectivity index is 2.13. The van der Waals surface area contributed by atoms with Gasteiger partial charge in [0.25, 0.3) is 0 Å². The van der Waals surface area contributed by atoms with Crippen LogP contribution in [-0.2, 0) is 0 Å². The Morgan fingerprint density at radius 1 is 1.42 bits per heavy atom. The zero-order chi connectivity index (χ0) is 13.8. The molecule has 1 aromatic carbocycles. The lowest BCUT2D eigenvalue weighted by Crippen LogP contribution is -2.29. The lowest BCUT2D eigenvalue weighted by atomic mass is 9.94. The monoisotopic (exact) mass is 279 g/mol. The van der Waals surface area contributed by atoms with Crippen molar-refractivity contribution >= 4 is 23.4 Å². The first-order chi connectivity index (χ1) is 9.10. The Morgan fingerprint density at radius 3 is 2.89 bits per heavy atom. The van der Waals surface area contributed by atoms with E-state index < -0.39 is 5.97 Å². The molecule has 1 fully saturated rings. The van der Waals surface area contributed by atoms with E-state index in [1.54, 1.807) is 6.07 Å². The Hall–Kier alpha value is -1.16. The third kappa shape index (κ3) is 3.66. The molecule has 0 amide bonds. The molecule has 1 aliphatic rings. The minimum absolute atomic E-state index is 0.372. The van der Waals surface area contributed by atoms with Crippen LogP contribution in [0, 0.1) is 6.92 Å². The number of anilines is 1.